The number of nitrogens with zero attached hydrogens (tertiary/aromatic N) is 1. The lowest BCUT2D eigenvalue weighted by molar-refractivity contribution is -0.122. The van der Waals surface area contributed by atoms with E-state index in [1.807, 2.05) is 37.0 Å². The minimum Gasteiger partial charge on any atom is -0.357 e. The van der Waals surface area contributed by atoms with Gasteiger partial charge in [0.25, 0.3) is 0 Å². The van der Waals surface area contributed by atoms with Crippen LogP contribution in [0.25, 0.3) is 0 Å². The van der Waals surface area contributed by atoms with Crippen LogP contribution in [0.1, 0.15) is 25.3 Å². The number of aryl methyl sites for hydroxylation is 1. The molecule has 3 N–H and O–H groups in total. The highest BCUT2D eigenvalue weighted by atomic mass is 16.2. The number of carbonyl (C=O) groups excluding carboxylic acids is 1. The summed E-state index contributed by atoms with van der Waals surface area (Å²) < 4.78 is 1.95. The van der Waals surface area contributed by atoms with Crippen LogP contribution in [0.2, 0.25) is 0 Å². The first-order chi connectivity index (χ1) is 7.13. The summed E-state index contributed by atoms with van der Waals surface area (Å²) in [6.45, 7) is 2.57. The second-order valence-electron chi connectivity index (χ2n) is 3.80. The summed E-state index contributed by atoms with van der Waals surface area (Å²) in [6.07, 6.45) is 5.60. The van der Waals surface area contributed by atoms with Crippen LogP contribution in [-0.4, -0.2) is 16.5 Å². The summed E-state index contributed by atoms with van der Waals surface area (Å²) in [4.78, 5) is 11.5. The zero-order chi connectivity index (χ0) is 11.3. The van der Waals surface area contributed by atoms with Crippen molar-refractivity contribution in [2.24, 2.45) is 12.8 Å². The van der Waals surface area contributed by atoms with Gasteiger partial charge in [-0.05, 0) is 18.1 Å². The summed E-state index contributed by atoms with van der Waals surface area (Å²) in [5.41, 5.74) is 6.77. The van der Waals surface area contributed by atoms with Crippen LogP contribution in [-0.2, 0) is 18.4 Å². The Balaban J connectivity index is 2.34. The fourth-order valence-electron chi connectivity index (χ4n) is 1.43. The smallest absolute Gasteiger partial charge is 0.237 e. The molecule has 0 spiro atoms. The van der Waals surface area contributed by atoms with Gasteiger partial charge >= 0.3 is 0 Å². The van der Waals surface area contributed by atoms with Crippen molar-refractivity contribution in [3.63, 3.8) is 0 Å². The van der Waals surface area contributed by atoms with E-state index in [0.29, 0.717) is 6.54 Å². The Morgan fingerprint density at radius 3 is 2.93 bits per heavy atom. The molecule has 0 saturated carbocycles. The molecule has 1 atom stereocenters. The van der Waals surface area contributed by atoms with E-state index in [-0.39, 0.29) is 11.9 Å². The van der Waals surface area contributed by atoms with Crippen molar-refractivity contribution >= 4 is 5.91 Å². The van der Waals surface area contributed by atoms with Crippen molar-refractivity contribution in [3.05, 3.63) is 24.0 Å². The second kappa shape index (κ2) is 5.56. The van der Waals surface area contributed by atoms with Crippen molar-refractivity contribution in [1.29, 1.82) is 0 Å². The monoisotopic (exact) mass is 209 g/mol. The zero-order valence-electron chi connectivity index (χ0n) is 9.36. The van der Waals surface area contributed by atoms with E-state index >= 15 is 0 Å². The highest BCUT2D eigenvalue weighted by Gasteiger charge is 2.11. The number of amides is 1. The maximum atomic E-state index is 11.5. The van der Waals surface area contributed by atoms with Crippen molar-refractivity contribution in [3.8, 4) is 0 Å². The quantitative estimate of drug-likeness (QED) is 0.752. The number of nitrogens with two attached hydrogens (primary N) is 1. The number of aromatic nitrogens is 1. The Kier molecular flexibility index (Phi) is 4.37. The van der Waals surface area contributed by atoms with Gasteiger partial charge in [0, 0.05) is 26.0 Å². The minimum absolute atomic E-state index is 0.0688. The van der Waals surface area contributed by atoms with E-state index in [1.165, 1.54) is 0 Å². The van der Waals surface area contributed by atoms with Gasteiger partial charge in [0.15, 0.2) is 0 Å². The Morgan fingerprint density at radius 2 is 2.40 bits per heavy atom. The Morgan fingerprint density at radius 1 is 1.67 bits per heavy atom. The Hall–Kier alpha value is -1.29. The maximum absolute atomic E-state index is 11.5. The van der Waals surface area contributed by atoms with Gasteiger partial charge in [-0.25, -0.2) is 0 Å². The summed E-state index contributed by atoms with van der Waals surface area (Å²) in [6, 6.07) is 1.60. The van der Waals surface area contributed by atoms with E-state index < -0.39 is 0 Å². The molecule has 1 amide bonds. The standard InChI is InChI=1S/C11H19N3O/c1-3-4-10(12)11(15)13-7-9-5-6-14(2)8-9/h5-6,8,10H,3-4,7,12H2,1-2H3,(H,13,15). The highest BCUT2D eigenvalue weighted by Crippen LogP contribution is 1.99. The largest absolute Gasteiger partial charge is 0.357 e. The van der Waals surface area contributed by atoms with Crippen LogP contribution < -0.4 is 11.1 Å². The number of hydrogen-bond donors (Lipinski definition) is 2. The lowest BCUT2D eigenvalue weighted by Crippen LogP contribution is -2.39. The molecule has 84 valence electrons. The molecule has 0 aliphatic rings. The fraction of sp³-hybridized carbons (Fsp3) is 0.545. The summed E-state index contributed by atoms with van der Waals surface area (Å²) in [7, 11) is 1.95. The van der Waals surface area contributed by atoms with Gasteiger partial charge in [0.05, 0.1) is 6.04 Å². The first kappa shape index (κ1) is 11.8. The van der Waals surface area contributed by atoms with Gasteiger partial charge in [-0.15, -0.1) is 0 Å². The molecule has 1 heterocycles. The molecule has 4 nitrogen and oxygen atoms in total. The average Bonchev–Trinajstić information content (AvgIpc) is 2.61. The summed E-state index contributed by atoms with van der Waals surface area (Å²) in [5.74, 6) is -0.0688. The molecule has 0 aliphatic carbocycles. The van der Waals surface area contributed by atoms with E-state index in [4.69, 9.17) is 5.73 Å². The van der Waals surface area contributed by atoms with Gasteiger partial charge in [0.2, 0.25) is 5.91 Å². The van der Waals surface area contributed by atoms with E-state index in [0.717, 1.165) is 18.4 Å². The first-order valence-corrected chi connectivity index (χ1v) is 5.27. The van der Waals surface area contributed by atoms with E-state index in [9.17, 15) is 4.79 Å². The van der Waals surface area contributed by atoms with Crippen molar-refractivity contribution < 1.29 is 4.79 Å². The molecule has 0 aliphatic heterocycles. The van der Waals surface area contributed by atoms with Gasteiger partial charge in [0.1, 0.15) is 0 Å². The third kappa shape index (κ3) is 3.75. The zero-order valence-corrected chi connectivity index (χ0v) is 9.36. The lowest BCUT2D eigenvalue weighted by atomic mass is 10.1. The van der Waals surface area contributed by atoms with Gasteiger partial charge in [-0.3, -0.25) is 4.79 Å². The van der Waals surface area contributed by atoms with Crippen LogP contribution in [0.3, 0.4) is 0 Å². The van der Waals surface area contributed by atoms with Crippen molar-refractivity contribution in [2.75, 3.05) is 0 Å². The molecular weight excluding hydrogens is 190 g/mol. The molecule has 0 saturated heterocycles. The predicted octanol–water partition coefficient (Wildman–Crippen LogP) is 0.769. The Labute approximate surface area is 90.5 Å². The third-order valence-corrected chi connectivity index (χ3v) is 2.30. The molecular formula is C11H19N3O. The van der Waals surface area contributed by atoms with Gasteiger partial charge in [-0.2, -0.15) is 0 Å². The van der Waals surface area contributed by atoms with Crippen molar-refractivity contribution in [1.82, 2.24) is 9.88 Å². The molecule has 1 aromatic heterocycles. The number of nitrogens with one attached hydrogen (secondary N) is 1. The van der Waals surface area contributed by atoms with Crippen LogP contribution >= 0.6 is 0 Å². The van der Waals surface area contributed by atoms with E-state index in [1.54, 1.807) is 0 Å². The van der Waals surface area contributed by atoms with Crippen LogP contribution in [0.5, 0.6) is 0 Å². The molecule has 0 fully saturated rings. The highest BCUT2D eigenvalue weighted by molar-refractivity contribution is 5.81. The number of hydrogen-bond acceptors (Lipinski definition) is 2. The van der Waals surface area contributed by atoms with E-state index in [2.05, 4.69) is 5.32 Å². The summed E-state index contributed by atoms with van der Waals surface area (Å²) in [5, 5.41) is 2.82. The predicted molar refractivity (Wildman–Crippen MR) is 60.1 cm³/mol. The van der Waals surface area contributed by atoms with Crippen LogP contribution in [0.4, 0.5) is 0 Å². The average molecular weight is 209 g/mol. The molecule has 0 aromatic carbocycles. The van der Waals surface area contributed by atoms with Gasteiger partial charge in [-0.1, -0.05) is 13.3 Å². The molecule has 15 heavy (non-hydrogen) atoms. The summed E-state index contributed by atoms with van der Waals surface area (Å²) >= 11 is 0. The molecule has 0 radical (unpaired) electrons. The molecule has 1 unspecified atom stereocenters. The van der Waals surface area contributed by atoms with Gasteiger partial charge < -0.3 is 15.6 Å². The lowest BCUT2D eigenvalue weighted by Gasteiger charge is -2.10. The fourth-order valence-corrected chi connectivity index (χ4v) is 1.43. The topological polar surface area (TPSA) is 60.1 Å². The molecule has 0 bridgehead atoms. The van der Waals surface area contributed by atoms with Crippen LogP contribution in [0.15, 0.2) is 18.5 Å². The third-order valence-electron chi connectivity index (χ3n) is 2.30. The normalized spacial score (nSPS) is 12.5. The minimum atomic E-state index is -0.376. The maximum Gasteiger partial charge on any atom is 0.237 e. The Bertz CT molecular complexity index is 319. The van der Waals surface area contributed by atoms with Crippen LogP contribution in [0, 0.1) is 0 Å². The molecule has 1 aromatic rings. The SMILES string of the molecule is CCCC(N)C(=O)NCc1ccn(C)c1. The molecule has 1 rings (SSSR count). The number of rotatable bonds is 5. The van der Waals surface area contributed by atoms with Crippen molar-refractivity contribution in [2.45, 2.75) is 32.4 Å². The first-order valence-electron chi connectivity index (χ1n) is 5.27. The number of carbonyl (C=O) groups is 1. The second-order valence-corrected chi connectivity index (χ2v) is 3.80. The molecule has 4 heteroatoms.